The number of hydrogen-bond acceptors (Lipinski definition) is 14. The van der Waals surface area contributed by atoms with Crippen molar-refractivity contribution < 1.29 is 69.3 Å². The van der Waals surface area contributed by atoms with E-state index in [0.29, 0.717) is 44.6 Å². The normalized spacial score (nSPS) is 59.5. The summed E-state index contributed by atoms with van der Waals surface area (Å²) < 4.78 is 37.1. The Kier molecular flexibility index (Phi) is 9.84. The van der Waals surface area contributed by atoms with E-state index in [1.807, 2.05) is 6.92 Å². The molecule has 1 spiro atoms. The van der Waals surface area contributed by atoms with Crippen molar-refractivity contribution in [2.24, 2.45) is 34.5 Å². The maximum atomic E-state index is 12.9. The van der Waals surface area contributed by atoms with Crippen molar-refractivity contribution in [1.82, 2.24) is 0 Å². The van der Waals surface area contributed by atoms with Crippen LogP contribution < -0.4 is 0 Å². The van der Waals surface area contributed by atoms with Crippen LogP contribution in [-0.4, -0.2) is 145 Å². The number of aliphatic hydroxyl groups is 8. The minimum absolute atomic E-state index is 0.0688. The molecule has 21 atom stereocenters. The van der Waals surface area contributed by atoms with Gasteiger partial charge in [0.25, 0.3) is 0 Å². The number of fused-ring (bicyclic) bond motifs is 7. The van der Waals surface area contributed by atoms with Crippen LogP contribution in [0.5, 0.6) is 0 Å². The van der Waals surface area contributed by atoms with Crippen molar-refractivity contribution in [1.29, 1.82) is 0 Å². The van der Waals surface area contributed by atoms with Crippen molar-refractivity contribution in [3.8, 4) is 0 Å². The molecular weight excluding hydrogens is 692 g/mol. The Hall–Kier alpha value is -0.820. The summed E-state index contributed by atoms with van der Waals surface area (Å²) in [5, 5.41) is 88.5. The third kappa shape index (κ3) is 5.49. The third-order valence-electron chi connectivity index (χ3n) is 16.0. The molecule has 0 aromatic rings. The highest BCUT2D eigenvalue weighted by atomic mass is 16.8. The highest BCUT2D eigenvalue weighted by molar-refractivity contribution is 5.33. The average molecular weight is 755 g/mol. The van der Waals surface area contributed by atoms with Crippen molar-refractivity contribution in [3.05, 3.63) is 11.6 Å². The number of rotatable bonds is 5. The molecule has 14 nitrogen and oxygen atoms in total. The zero-order chi connectivity index (χ0) is 38.0. The molecule has 8 aliphatic rings. The van der Waals surface area contributed by atoms with Crippen molar-refractivity contribution in [2.45, 2.75) is 183 Å². The van der Waals surface area contributed by atoms with Gasteiger partial charge in [0.05, 0.1) is 37.1 Å². The fourth-order valence-electron chi connectivity index (χ4n) is 12.4. The maximum Gasteiger partial charge on any atom is 0.187 e. The summed E-state index contributed by atoms with van der Waals surface area (Å²) in [7, 11) is 0. The molecule has 14 heteroatoms. The molecule has 8 N–H and O–H groups in total. The van der Waals surface area contributed by atoms with E-state index < -0.39 is 96.5 Å². The van der Waals surface area contributed by atoms with Crippen molar-refractivity contribution in [2.75, 3.05) is 13.2 Å². The van der Waals surface area contributed by atoms with Gasteiger partial charge in [-0.3, -0.25) is 0 Å². The Balaban J connectivity index is 0.995. The lowest BCUT2D eigenvalue weighted by Crippen LogP contribution is -2.66. The molecule has 0 aromatic heterocycles. The van der Waals surface area contributed by atoms with Gasteiger partial charge in [0.2, 0.25) is 0 Å². The second-order valence-electron chi connectivity index (χ2n) is 18.5. The first-order valence-electron chi connectivity index (χ1n) is 20.0. The molecule has 8 rings (SSSR count). The third-order valence-corrected chi connectivity index (χ3v) is 16.0. The van der Waals surface area contributed by atoms with Gasteiger partial charge in [0, 0.05) is 24.2 Å². The zero-order valence-corrected chi connectivity index (χ0v) is 31.6. The van der Waals surface area contributed by atoms with Crippen LogP contribution in [0.2, 0.25) is 0 Å². The number of aliphatic hydroxyl groups excluding tert-OH is 6. The summed E-state index contributed by atoms with van der Waals surface area (Å²) in [5.74, 6) is -0.554. The lowest BCUT2D eigenvalue weighted by molar-refractivity contribution is -0.369. The SMILES string of the molecule is C[C@H]1CC[C@]2(OC1)O[C@@H]1C[C@@]3(O)[C@@H]4CC=C5C[C@H](O[C@H]6O[C@@H](CO)[C@H](O)[C@@H](O)[C@@H]6O[C@H]6O[C@@H](C)[C@H](O)[C@@H](O)[C@@H]6O)CC[C@@]5(C)[C@@H]4CC[C@@]3(C)[C@]1(O)[C@@H]2C. The smallest absolute Gasteiger partial charge is 0.187 e. The molecular formula is C39H62O14. The molecule has 0 aromatic carbocycles. The topological polar surface area (TPSA) is 217 Å². The first kappa shape index (κ1) is 39.0. The minimum Gasteiger partial charge on any atom is -0.394 e. The zero-order valence-electron chi connectivity index (χ0n) is 31.6. The van der Waals surface area contributed by atoms with Gasteiger partial charge in [-0.25, -0.2) is 0 Å². The predicted octanol–water partition coefficient (Wildman–Crippen LogP) is 0.620. The van der Waals surface area contributed by atoms with Gasteiger partial charge >= 0.3 is 0 Å². The van der Waals surface area contributed by atoms with E-state index >= 15 is 0 Å². The van der Waals surface area contributed by atoms with Gasteiger partial charge in [-0.1, -0.05) is 39.3 Å². The standard InChI is InChI=1S/C39H62O14/c1-18-8-13-38(48-17-18)20(3)39(47)26(53-38)15-37(46)24-7-6-21-14-22(9-11-35(21,4)23(24)10-12-36(37,39)5)50-34-32(30(44)28(42)25(16-40)51-34)52-33-31(45)29(43)27(41)19(2)49-33/h6,18-20,22-34,40-47H,7-17H2,1-5H3/t18-,19-,20+,22+,23+,24+,25-,26+,27-,28-,29+,30+,31-,32-,33+,34-,35+,36+,37+,38-,39-/m0/s1. The largest absolute Gasteiger partial charge is 0.394 e. The number of allylic oxidation sites excluding steroid dienone is 1. The van der Waals surface area contributed by atoms with Crippen LogP contribution in [0.4, 0.5) is 0 Å². The summed E-state index contributed by atoms with van der Waals surface area (Å²) in [5.41, 5.74) is -2.13. The molecule has 0 unspecified atom stereocenters. The first-order chi connectivity index (χ1) is 24.9. The van der Waals surface area contributed by atoms with Gasteiger partial charge in [-0.15, -0.1) is 0 Å². The van der Waals surface area contributed by atoms with Crippen LogP contribution in [0, 0.1) is 34.5 Å². The van der Waals surface area contributed by atoms with Gasteiger partial charge in [-0.05, 0) is 75.0 Å². The maximum absolute atomic E-state index is 12.9. The number of hydrogen-bond donors (Lipinski definition) is 8. The first-order valence-corrected chi connectivity index (χ1v) is 20.0. The Morgan fingerprint density at radius 2 is 1.57 bits per heavy atom. The Labute approximate surface area is 311 Å². The minimum atomic E-state index is -1.65. The van der Waals surface area contributed by atoms with Crippen molar-refractivity contribution in [3.63, 3.8) is 0 Å². The predicted molar refractivity (Wildman–Crippen MR) is 184 cm³/mol. The monoisotopic (exact) mass is 754 g/mol. The van der Waals surface area contributed by atoms with Gasteiger partial charge in [0.15, 0.2) is 18.4 Å². The summed E-state index contributed by atoms with van der Waals surface area (Å²) in [6.45, 7) is 10.1. The summed E-state index contributed by atoms with van der Waals surface area (Å²) in [4.78, 5) is 0. The van der Waals surface area contributed by atoms with E-state index in [1.165, 1.54) is 12.5 Å². The highest BCUT2D eigenvalue weighted by Gasteiger charge is 2.81. The van der Waals surface area contributed by atoms with Crippen LogP contribution in [-0.2, 0) is 28.4 Å². The Bertz CT molecular complexity index is 1410. The fourth-order valence-corrected chi connectivity index (χ4v) is 12.4. The molecule has 0 amide bonds. The molecule has 4 aliphatic carbocycles. The molecule has 3 saturated carbocycles. The summed E-state index contributed by atoms with van der Waals surface area (Å²) >= 11 is 0. The summed E-state index contributed by atoms with van der Waals surface area (Å²) in [6, 6.07) is 0. The van der Waals surface area contributed by atoms with Crippen molar-refractivity contribution >= 4 is 0 Å². The molecule has 53 heavy (non-hydrogen) atoms. The molecule has 4 saturated heterocycles. The van der Waals surface area contributed by atoms with E-state index in [0.717, 1.165) is 25.7 Å². The van der Waals surface area contributed by atoms with Gasteiger partial charge in [0.1, 0.15) is 48.3 Å². The Morgan fingerprint density at radius 1 is 0.811 bits per heavy atom. The lowest BCUT2D eigenvalue weighted by Gasteiger charge is -2.63. The van der Waals surface area contributed by atoms with Crippen LogP contribution in [0.1, 0.15) is 92.4 Å². The second-order valence-corrected chi connectivity index (χ2v) is 18.5. The molecule has 0 bridgehead atoms. The molecule has 302 valence electrons. The molecule has 7 fully saturated rings. The van der Waals surface area contributed by atoms with Crippen LogP contribution in [0.3, 0.4) is 0 Å². The quantitative estimate of drug-likeness (QED) is 0.181. The average Bonchev–Trinajstić information content (AvgIpc) is 3.44. The van der Waals surface area contributed by atoms with E-state index in [4.69, 9.17) is 28.4 Å². The van der Waals surface area contributed by atoms with Crippen LogP contribution in [0.25, 0.3) is 0 Å². The summed E-state index contributed by atoms with van der Waals surface area (Å²) in [6.07, 6.45) is -6.28. The van der Waals surface area contributed by atoms with Gasteiger partial charge < -0.3 is 69.3 Å². The van der Waals surface area contributed by atoms with E-state index in [1.54, 1.807) is 0 Å². The highest BCUT2D eigenvalue weighted by Crippen LogP contribution is 2.73. The van der Waals surface area contributed by atoms with Crippen LogP contribution in [0.15, 0.2) is 11.6 Å². The lowest BCUT2D eigenvalue weighted by atomic mass is 9.44. The molecule has 4 aliphatic heterocycles. The molecule has 4 heterocycles. The second kappa shape index (κ2) is 13.4. The van der Waals surface area contributed by atoms with E-state index in [-0.39, 0.29) is 29.3 Å². The number of ether oxygens (including phenoxy) is 6. The van der Waals surface area contributed by atoms with E-state index in [2.05, 4.69) is 26.8 Å². The van der Waals surface area contributed by atoms with Gasteiger partial charge in [-0.2, -0.15) is 0 Å². The fraction of sp³-hybridized carbons (Fsp3) is 0.949. The molecule has 0 radical (unpaired) electrons. The van der Waals surface area contributed by atoms with Crippen LogP contribution >= 0.6 is 0 Å². The van der Waals surface area contributed by atoms with E-state index in [9.17, 15) is 40.9 Å². The Morgan fingerprint density at radius 3 is 2.26 bits per heavy atom.